The molecule has 230 valence electrons. The first-order valence-electron chi connectivity index (χ1n) is 14.6. The third kappa shape index (κ3) is 7.13. The van der Waals surface area contributed by atoms with Crippen molar-refractivity contribution >= 4 is 29.3 Å². The van der Waals surface area contributed by atoms with E-state index in [1.165, 1.54) is 6.39 Å². The van der Waals surface area contributed by atoms with Crippen LogP contribution in [0.15, 0.2) is 88.6 Å². The highest BCUT2D eigenvalue weighted by atomic mass is 32.2. The number of anilines is 1. The lowest BCUT2D eigenvalue weighted by atomic mass is 9.98. The van der Waals surface area contributed by atoms with Gasteiger partial charge in [0.1, 0.15) is 11.8 Å². The molecule has 6 rings (SSSR count). The molecule has 1 aliphatic heterocycles. The number of rotatable bonds is 10. The Kier molecular flexibility index (Phi) is 8.76. The zero-order chi connectivity index (χ0) is 31.4. The summed E-state index contributed by atoms with van der Waals surface area (Å²) in [7, 11) is 0. The van der Waals surface area contributed by atoms with Crippen molar-refractivity contribution in [3.8, 4) is 22.5 Å². The molecule has 0 spiro atoms. The Morgan fingerprint density at radius 3 is 2.64 bits per heavy atom. The number of aromatic nitrogens is 5. The summed E-state index contributed by atoms with van der Waals surface area (Å²) < 4.78 is 5.30. The highest BCUT2D eigenvalue weighted by molar-refractivity contribution is 7.99. The van der Waals surface area contributed by atoms with Crippen LogP contribution in [0.1, 0.15) is 37.2 Å². The van der Waals surface area contributed by atoms with Gasteiger partial charge in [0.2, 0.25) is 11.7 Å². The van der Waals surface area contributed by atoms with E-state index in [0.29, 0.717) is 30.4 Å². The van der Waals surface area contributed by atoms with E-state index in [9.17, 15) is 9.59 Å². The van der Waals surface area contributed by atoms with Crippen molar-refractivity contribution in [1.29, 1.82) is 0 Å². The molecule has 45 heavy (non-hydrogen) atoms. The van der Waals surface area contributed by atoms with Gasteiger partial charge in [-0.15, -0.1) is 22.0 Å². The second-order valence-electron chi connectivity index (χ2n) is 11.7. The van der Waals surface area contributed by atoms with Crippen molar-refractivity contribution in [2.24, 2.45) is 0 Å². The fourth-order valence-corrected chi connectivity index (χ4v) is 6.37. The number of hydrogen-bond donors (Lipinski definition) is 3. The van der Waals surface area contributed by atoms with Crippen molar-refractivity contribution in [2.75, 3.05) is 10.7 Å². The van der Waals surface area contributed by atoms with E-state index in [1.54, 1.807) is 22.9 Å². The van der Waals surface area contributed by atoms with Crippen molar-refractivity contribution in [3.63, 3.8) is 0 Å². The van der Waals surface area contributed by atoms with Crippen LogP contribution in [0.5, 0.6) is 0 Å². The molecule has 0 unspecified atom stereocenters. The first-order valence-corrected chi connectivity index (χ1v) is 15.6. The molecule has 0 radical (unpaired) electrons. The molecule has 5 aromatic rings. The number of carbonyl (C=O) groups excluding carboxylic acids is 2. The minimum atomic E-state index is -0.679. The number of carbonyl (C=O) groups is 2. The Morgan fingerprint density at radius 1 is 1.11 bits per heavy atom. The summed E-state index contributed by atoms with van der Waals surface area (Å²) >= 11 is 1.58. The lowest BCUT2D eigenvalue weighted by molar-refractivity contribution is -0.127. The fourth-order valence-electron chi connectivity index (χ4n) is 5.32. The van der Waals surface area contributed by atoms with Gasteiger partial charge in [0.25, 0.3) is 5.91 Å². The summed E-state index contributed by atoms with van der Waals surface area (Å²) in [6, 6.07) is 21.5. The van der Waals surface area contributed by atoms with Gasteiger partial charge in [-0.1, -0.05) is 54.6 Å². The Labute approximate surface area is 265 Å². The van der Waals surface area contributed by atoms with Gasteiger partial charge in [0.15, 0.2) is 6.39 Å². The number of nitrogens with zero attached hydrogens (tertiary/aromatic N) is 5. The lowest BCUT2D eigenvalue weighted by Crippen LogP contribution is -2.51. The molecule has 3 N–H and O–H groups in total. The number of hydrogen-bond acceptors (Lipinski definition) is 9. The number of thioether (sulfide) groups is 1. The second kappa shape index (κ2) is 13.0. The maximum Gasteiger partial charge on any atom is 0.250 e. The predicted octanol–water partition coefficient (Wildman–Crippen LogP) is 4.91. The fraction of sp³-hybridized carbons (Fsp3) is 0.273. The number of tetrazole rings is 1. The number of H-pyrrole nitrogens is 1. The molecule has 3 heterocycles. The summed E-state index contributed by atoms with van der Waals surface area (Å²) in [4.78, 5) is 34.1. The standard InChI is InChI=1S/C33H34N8O3S/c1-21-8-13-29-28(14-21)41(18-22-9-11-23(12-10-22)25-6-4-5-7-26(25)31-37-39-40-38-31)32(43)27(19-45-29)36-30(42)15-33(2,3)35-17-24-16-34-20-44-24/h4-14,16,20,27,35H,15,17-19H2,1-3H3,(H,36,42)(H,37,38,39,40)/t27-/m1/s1. The minimum absolute atomic E-state index is 0.140. The maximum atomic E-state index is 14.1. The van der Waals surface area contributed by atoms with E-state index >= 15 is 0 Å². The molecule has 3 aromatic carbocycles. The van der Waals surface area contributed by atoms with Crippen molar-refractivity contribution < 1.29 is 14.0 Å². The number of fused-ring (bicyclic) bond motifs is 1. The van der Waals surface area contributed by atoms with Gasteiger partial charge < -0.3 is 20.0 Å². The van der Waals surface area contributed by atoms with E-state index in [1.807, 2.05) is 87.5 Å². The molecular weight excluding hydrogens is 588 g/mol. The molecule has 1 atom stereocenters. The van der Waals surface area contributed by atoms with E-state index in [0.717, 1.165) is 38.4 Å². The molecule has 0 saturated carbocycles. The van der Waals surface area contributed by atoms with Gasteiger partial charge in [-0.3, -0.25) is 9.59 Å². The molecule has 2 amide bonds. The number of nitrogens with one attached hydrogen (secondary N) is 3. The summed E-state index contributed by atoms with van der Waals surface area (Å²) in [5, 5.41) is 20.9. The van der Waals surface area contributed by atoms with Crippen molar-refractivity contribution in [3.05, 3.63) is 96.2 Å². The number of aromatic amines is 1. The summed E-state index contributed by atoms with van der Waals surface area (Å²) in [6.07, 6.45) is 3.21. The van der Waals surface area contributed by atoms with Gasteiger partial charge in [0.05, 0.1) is 25.0 Å². The Hall–Kier alpha value is -4.81. The first-order chi connectivity index (χ1) is 21.8. The average molecular weight is 623 g/mol. The summed E-state index contributed by atoms with van der Waals surface area (Å²) in [5.74, 6) is 1.31. The smallest absolute Gasteiger partial charge is 0.250 e. The quantitative estimate of drug-likeness (QED) is 0.198. The monoisotopic (exact) mass is 622 g/mol. The molecule has 2 aromatic heterocycles. The zero-order valence-electron chi connectivity index (χ0n) is 25.3. The van der Waals surface area contributed by atoms with Crippen LogP contribution in [-0.2, 0) is 22.7 Å². The molecule has 0 bridgehead atoms. The van der Waals surface area contributed by atoms with Gasteiger partial charge in [-0.2, -0.15) is 5.21 Å². The highest BCUT2D eigenvalue weighted by Crippen LogP contribution is 2.37. The van der Waals surface area contributed by atoms with E-state index in [-0.39, 0.29) is 18.2 Å². The largest absolute Gasteiger partial charge is 0.447 e. The number of oxazole rings is 1. The average Bonchev–Trinajstić information content (AvgIpc) is 3.75. The maximum absolute atomic E-state index is 14.1. The van der Waals surface area contributed by atoms with Crippen LogP contribution >= 0.6 is 11.8 Å². The number of amides is 2. The Morgan fingerprint density at radius 2 is 1.91 bits per heavy atom. The SMILES string of the molecule is Cc1ccc2c(c1)N(Cc1ccc(-c3ccccc3-c3nn[nH]n3)cc1)C(=O)[C@H](NC(=O)CC(C)(C)NCc1cnco1)CS2. The molecular formula is C33H34N8O3S. The first kappa shape index (κ1) is 30.2. The van der Waals surface area contributed by atoms with Crippen LogP contribution in [0.25, 0.3) is 22.5 Å². The normalized spacial score (nSPS) is 15.0. The number of benzene rings is 3. The van der Waals surface area contributed by atoms with Gasteiger partial charge in [-0.25, -0.2) is 4.98 Å². The van der Waals surface area contributed by atoms with Crippen LogP contribution in [0, 0.1) is 6.92 Å². The van der Waals surface area contributed by atoms with Crippen LogP contribution in [0.3, 0.4) is 0 Å². The molecule has 0 fully saturated rings. The molecule has 12 heteroatoms. The third-order valence-electron chi connectivity index (χ3n) is 7.66. The van der Waals surface area contributed by atoms with E-state index < -0.39 is 11.6 Å². The van der Waals surface area contributed by atoms with Crippen LogP contribution in [-0.4, -0.2) is 54.8 Å². The lowest BCUT2D eigenvalue weighted by Gasteiger charge is -2.28. The zero-order valence-corrected chi connectivity index (χ0v) is 26.1. The van der Waals surface area contributed by atoms with E-state index in [4.69, 9.17) is 4.42 Å². The minimum Gasteiger partial charge on any atom is -0.447 e. The molecule has 11 nitrogen and oxygen atoms in total. The van der Waals surface area contributed by atoms with Gasteiger partial charge in [0, 0.05) is 28.2 Å². The van der Waals surface area contributed by atoms with Crippen LogP contribution in [0.2, 0.25) is 0 Å². The molecule has 0 saturated heterocycles. The second-order valence-corrected chi connectivity index (χ2v) is 12.7. The molecule has 1 aliphatic rings. The third-order valence-corrected chi connectivity index (χ3v) is 8.81. The Balaban J connectivity index is 1.20. The van der Waals surface area contributed by atoms with Crippen LogP contribution < -0.4 is 15.5 Å². The van der Waals surface area contributed by atoms with Gasteiger partial charge >= 0.3 is 0 Å². The van der Waals surface area contributed by atoms with Gasteiger partial charge in [-0.05, 0) is 60.4 Å². The van der Waals surface area contributed by atoms with E-state index in [2.05, 4.69) is 36.2 Å². The summed E-state index contributed by atoms with van der Waals surface area (Å²) in [5.41, 5.74) is 5.20. The molecule has 0 aliphatic carbocycles. The topological polar surface area (TPSA) is 142 Å². The predicted molar refractivity (Wildman–Crippen MR) is 172 cm³/mol. The Bertz CT molecular complexity index is 1770. The van der Waals surface area contributed by atoms with Crippen molar-refractivity contribution in [2.45, 2.75) is 56.8 Å². The van der Waals surface area contributed by atoms with Crippen molar-refractivity contribution in [1.82, 2.24) is 36.2 Å². The summed E-state index contributed by atoms with van der Waals surface area (Å²) in [6.45, 7) is 6.72. The van der Waals surface area contributed by atoms with Crippen LogP contribution in [0.4, 0.5) is 5.69 Å². The number of aryl methyl sites for hydroxylation is 1. The highest BCUT2D eigenvalue weighted by Gasteiger charge is 2.33.